The molecule has 1 amide bonds. The second-order valence-corrected chi connectivity index (χ2v) is 7.42. The Balaban J connectivity index is 1.99. The van der Waals surface area contributed by atoms with E-state index in [0.717, 1.165) is 44.9 Å². The Hall–Kier alpha value is -0.770. The molecule has 0 aromatic heterocycles. The maximum Gasteiger partial charge on any atom is 0.408 e. The van der Waals surface area contributed by atoms with Crippen molar-refractivity contribution in [2.45, 2.75) is 76.9 Å². The van der Waals surface area contributed by atoms with Crippen LogP contribution in [0.25, 0.3) is 0 Å². The molecule has 3 fully saturated rings. The summed E-state index contributed by atoms with van der Waals surface area (Å²) in [7, 11) is 0. The maximum absolute atomic E-state index is 12.0. The molecule has 0 aromatic rings. The lowest BCUT2D eigenvalue weighted by Crippen LogP contribution is -2.52. The molecule has 4 nitrogen and oxygen atoms in total. The smallest absolute Gasteiger partial charge is 0.408 e. The zero-order valence-electron chi connectivity index (χ0n) is 12.4. The number of fused-ring (bicyclic) bond motifs is 4. The molecule has 110 valence electrons. The number of rotatable bonds is 2. The Morgan fingerprint density at radius 1 is 1.16 bits per heavy atom. The van der Waals surface area contributed by atoms with Gasteiger partial charge in [-0.05, 0) is 64.7 Å². The molecule has 2 bridgehead atoms. The molecule has 0 atom stereocenters. The van der Waals surface area contributed by atoms with E-state index in [4.69, 9.17) is 4.74 Å². The summed E-state index contributed by atoms with van der Waals surface area (Å²) in [6.45, 7) is 5.94. The highest BCUT2D eigenvalue weighted by Gasteiger charge is 2.46. The van der Waals surface area contributed by atoms with Crippen LogP contribution in [0.2, 0.25) is 0 Å². The van der Waals surface area contributed by atoms with Crippen molar-refractivity contribution in [2.24, 2.45) is 5.41 Å². The predicted molar refractivity (Wildman–Crippen MR) is 73.9 cm³/mol. The van der Waals surface area contributed by atoms with E-state index >= 15 is 0 Å². The summed E-state index contributed by atoms with van der Waals surface area (Å²) in [4.78, 5) is 12.0. The van der Waals surface area contributed by atoms with Gasteiger partial charge in [0.15, 0.2) is 0 Å². The number of aliphatic hydroxyl groups excluding tert-OH is 1. The molecule has 0 saturated heterocycles. The summed E-state index contributed by atoms with van der Waals surface area (Å²) in [5.41, 5.74) is -0.428. The molecule has 0 heterocycles. The molecule has 0 aliphatic heterocycles. The number of nitrogens with one attached hydrogen (secondary N) is 1. The summed E-state index contributed by atoms with van der Waals surface area (Å²) < 4.78 is 5.38. The summed E-state index contributed by atoms with van der Waals surface area (Å²) in [5, 5.41) is 12.7. The summed E-state index contributed by atoms with van der Waals surface area (Å²) in [6.07, 6.45) is 6.83. The Labute approximate surface area is 115 Å². The fourth-order valence-corrected chi connectivity index (χ4v) is 3.51. The molecular formula is C15H27NO3. The normalized spacial score (nSPS) is 34.7. The van der Waals surface area contributed by atoms with E-state index in [0.29, 0.717) is 0 Å². The van der Waals surface area contributed by atoms with E-state index in [-0.39, 0.29) is 23.7 Å². The van der Waals surface area contributed by atoms with E-state index in [2.05, 4.69) is 5.32 Å². The van der Waals surface area contributed by atoms with Crippen LogP contribution in [-0.4, -0.2) is 28.9 Å². The van der Waals surface area contributed by atoms with Crippen molar-refractivity contribution >= 4 is 6.09 Å². The highest BCUT2D eigenvalue weighted by molar-refractivity contribution is 5.68. The van der Waals surface area contributed by atoms with Gasteiger partial charge in [0.05, 0.1) is 0 Å². The first-order chi connectivity index (χ1) is 8.78. The summed E-state index contributed by atoms with van der Waals surface area (Å²) in [6, 6.07) is 0. The van der Waals surface area contributed by atoms with Gasteiger partial charge in [-0.15, -0.1) is 0 Å². The van der Waals surface area contributed by atoms with Gasteiger partial charge < -0.3 is 15.2 Å². The van der Waals surface area contributed by atoms with Gasteiger partial charge in [0.1, 0.15) is 5.60 Å². The second kappa shape index (κ2) is 4.97. The summed E-state index contributed by atoms with van der Waals surface area (Å²) >= 11 is 0. The van der Waals surface area contributed by atoms with Gasteiger partial charge >= 0.3 is 6.09 Å². The van der Waals surface area contributed by atoms with E-state index in [1.54, 1.807) is 0 Å². The zero-order chi connectivity index (χ0) is 14.1. The molecule has 0 spiro atoms. The lowest BCUT2D eigenvalue weighted by atomic mass is 9.69. The number of carbonyl (C=O) groups is 1. The number of alkyl carbamates (subject to hydrolysis) is 1. The standard InChI is InChI=1S/C15H27NO3/c1-13(2,3)19-12(18)16-15-6-4-5-14(11-17,7-9-15)8-10-15/h17H,4-11H2,1-3H3,(H,16,18). The number of hydrogen-bond donors (Lipinski definition) is 2. The largest absolute Gasteiger partial charge is 0.444 e. The van der Waals surface area contributed by atoms with Crippen molar-refractivity contribution in [3.05, 3.63) is 0 Å². The molecule has 3 aliphatic rings. The van der Waals surface area contributed by atoms with Crippen LogP contribution in [-0.2, 0) is 4.74 Å². The Morgan fingerprint density at radius 3 is 2.32 bits per heavy atom. The SMILES string of the molecule is CC(C)(C)OC(=O)NC12CCCC(CO)(CC1)CC2. The van der Waals surface area contributed by atoms with Crippen LogP contribution in [0.1, 0.15) is 65.7 Å². The molecule has 4 heteroatoms. The van der Waals surface area contributed by atoms with Crippen molar-refractivity contribution < 1.29 is 14.6 Å². The molecule has 3 saturated carbocycles. The Bertz CT molecular complexity index is 338. The van der Waals surface area contributed by atoms with Gasteiger partial charge in [-0.3, -0.25) is 0 Å². The van der Waals surface area contributed by atoms with Gasteiger partial charge in [-0.1, -0.05) is 6.42 Å². The van der Waals surface area contributed by atoms with E-state index < -0.39 is 5.60 Å². The number of carbonyl (C=O) groups excluding carboxylic acids is 1. The van der Waals surface area contributed by atoms with E-state index in [1.165, 1.54) is 0 Å². The molecule has 0 aromatic carbocycles. The van der Waals surface area contributed by atoms with Crippen molar-refractivity contribution in [3.63, 3.8) is 0 Å². The van der Waals surface area contributed by atoms with Crippen LogP contribution < -0.4 is 5.32 Å². The van der Waals surface area contributed by atoms with Crippen molar-refractivity contribution in [1.82, 2.24) is 5.32 Å². The highest BCUT2D eigenvalue weighted by atomic mass is 16.6. The lowest BCUT2D eigenvalue weighted by Gasteiger charge is -2.42. The minimum Gasteiger partial charge on any atom is -0.444 e. The van der Waals surface area contributed by atoms with Gasteiger partial charge in [0.25, 0.3) is 0 Å². The third-order valence-electron chi connectivity index (χ3n) is 4.73. The molecule has 3 aliphatic carbocycles. The monoisotopic (exact) mass is 269 g/mol. The molecule has 0 radical (unpaired) electrons. The fraction of sp³-hybridized carbons (Fsp3) is 0.933. The lowest BCUT2D eigenvalue weighted by molar-refractivity contribution is 0.0315. The molecule has 19 heavy (non-hydrogen) atoms. The Kier molecular flexibility index (Phi) is 3.83. The van der Waals surface area contributed by atoms with Crippen molar-refractivity contribution in [1.29, 1.82) is 0 Å². The topological polar surface area (TPSA) is 58.6 Å². The average Bonchev–Trinajstić information content (AvgIpc) is 2.57. The van der Waals surface area contributed by atoms with Crippen LogP contribution in [0.5, 0.6) is 0 Å². The zero-order valence-corrected chi connectivity index (χ0v) is 12.4. The third kappa shape index (κ3) is 3.41. The van der Waals surface area contributed by atoms with Crippen LogP contribution in [0.3, 0.4) is 0 Å². The van der Waals surface area contributed by atoms with Crippen LogP contribution in [0.15, 0.2) is 0 Å². The summed E-state index contributed by atoms with van der Waals surface area (Å²) in [5.74, 6) is 0. The predicted octanol–water partition coefficient (Wildman–Crippen LogP) is 2.99. The number of amides is 1. The van der Waals surface area contributed by atoms with E-state index in [1.807, 2.05) is 20.8 Å². The minimum atomic E-state index is -0.449. The van der Waals surface area contributed by atoms with Crippen LogP contribution in [0.4, 0.5) is 4.79 Å². The van der Waals surface area contributed by atoms with Crippen molar-refractivity contribution in [3.8, 4) is 0 Å². The first-order valence-electron chi connectivity index (χ1n) is 7.40. The van der Waals surface area contributed by atoms with Gasteiger partial charge in [-0.2, -0.15) is 0 Å². The van der Waals surface area contributed by atoms with Crippen molar-refractivity contribution in [2.75, 3.05) is 6.61 Å². The molecule has 2 N–H and O–H groups in total. The maximum atomic E-state index is 12.0. The van der Waals surface area contributed by atoms with Gasteiger partial charge in [-0.25, -0.2) is 4.79 Å². The second-order valence-electron chi connectivity index (χ2n) is 7.42. The quantitative estimate of drug-likeness (QED) is 0.810. The highest BCUT2D eigenvalue weighted by Crippen LogP contribution is 2.49. The minimum absolute atomic E-state index is 0.0997. The Morgan fingerprint density at radius 2 is 1.79 bits per heavy atom. The van der Waals surface area contributed by atoms with E-state index in [9.17, 15) is 9.90 Å². The molecule has 3 rings (SSSR count). The first kappa shape index (κ1) is 14.6. The van der Waals surface area contributed by atoms with Gasteiger partial charge in [0, 0.05) is 12.1 Å². The fourth-order valence-electron chi connectivity index (χ4n) is 3.51. The first-order valence-corrected chi connectivity index (χ1v) is 7.40. The molecular weight excluding hydrogens is 242 g/mol. The van der Waals surface area contributed by atoms with Gasteiger partial charge in [0.2, 0.25) is 0 Å². The number of ether oxygens (including phenoxy) is 1. The molecule has 0 unspecified atom stereocenters. The third-order valence-corrected chi connectivity index (χ3v) is 4.73. The van der Waals surface area contributed by atoms with Crippen LogP contribution >= 0.6 is 0 Å². The number of aliphatic hydroxyl groups is 1. The van der Waals surface area contributed by atoms with Crippen LogP contribution in [0, 0.1) is 5.41 Å². The average molecular weight is 269 g/mol. The number of hydrogen-bond acceptors (Lipinski definition) is 3.